The Hall–Kier alpha value is -3.11. The van der Waals surface area contributed by atoms with Gasteiger partial charge in [-0.1, -0.05) is 30.3 Å². The summed E-state index contributed by atoms with van der Waals surface area (Å²) in [5.41, 5.74) is 1.66. The van der Waals surface area contributed by atoms with E-state index in [0.717, 1.165) is 10.7 Å². The molecule has 0 saturated heterocycles. The topological polar surface area (TPSA) is 109 Å². The second-order valence-corrected chi connectivity index (χ2v) is 10.3. The molecule has 30 heavy (non-hydrogen) atoms. The molecule has 0 unspecified atom stereocenters. The van der Waals surface area contributed by atoms with Gasteiger partial charge in [-0.15, -0.1) is 0 Å². The van der Waals surface area contributed by atoms with Crippen molar-refractivity contribution in [2.24, 2.45) is 5.10 Å². The maximum atomic E-state index is 12.5. The van der Waals surface area contributed by atoms with Crippen LogP contribution in [0.4, 0.5) is 5.69 Å². The molecule has 0 amide bonds. The fourth-order valence-corrected chi connectivity index (χ4v) is 5.17. The number of anilines is 1. The zero-order chi connectivity index (χ0) is 21.4. The maximum Gasteiger partial charge on any atom is 0.261 e. The molecule has 0 bridgehead atoms. The molecular weight excluding hydrogens is 426 g/mol. The molecule has 1 aromatic heterocycles. The highest BCUT2D eigenvalue weighted by Gasteiger charge is 2.36. The van der Waals surface area contributed by atoms with Gasteiger partial charge in [0.15, 0.2) is 0 Å². The number of hydrogen-bond donors (Lipinski definition) is 1. The maximum absolute atomic E-state index is 12.5. The summed E-state index contributed by atoms with van der Waals surface area (Å²) in [6, 6.07) is 17.6. The normalized spacial score (nSPS) is 17.0. The quantitative estimate of drug-likeness (QED) is 0.627. The van der Waals surface area contributed by atoms with Gasteiger partial charge < -0.3 is 4.42 Å². The van der Waals surface area contributed by atoms with Crippen molar-refractivity contribution in [1.29, 1.82) is 0 Å². The lowest BCUT2D eigenvalue weighted by atomic mass is 10.0. The van der Waals surface area contributed by atoms with Crippen molar-refractivity contribution in [3.8, 4) is 0 Å². The number of nitrogens with one attached hydrogen (secondary N) is 1. The van der Waals surface area contributed by atoms with E-state index < -0.39 is 26.1 Å². The van der Waals surface area contributed by atoms with Crippen molar-refractivity contribution in [3.05, 3.63) is 84.3 Å². The minimum Gasteiger partial charge on any atom is -0.467 e. The first-order valence-corrected chi connectivity index (χ1v) is 12.4. The van der Waals surface area contributed by atoms with Gasteiger partial charge >= 0.3 is 0 Å². The number of hydrogen-bond acceptors (Lipinski definition) is 6. The molecule has 2 aromatic carbocycles. The van der Waals surface area contributed by atoms with Crippen molar-refractivity contribution in [1.82, 2.24) is 4.41 Å². The fourth-order valence-electron chi connectivity index (χ4n) is 3.21. The lowest BCUT2D eigenvalue weighted by Crippen LogP contribution is -2.25. The summed E-state index contributed by atoms with van der Waals surface area (Å²) >= 11 is 0. The summed E-state index contributed by atoms with van der Waals surface area (Å²) in [6.07, 6.45) is 2.92. The molecule has 1 aliphatic heterocycles. The van der Waals surface area contributed by atoms with Crippen LogP contribution in [0, 0.1) is 0 Å². The molecule has 0 fully saturated rings. The van der Waals surface area contributed by atoms with Crippen molar-refractivity contribution >= 4 is 31.4 Å². The van der Waals surface area contributed by atoms with Crippen molar-refractivity contribution < 1.29 is 21.3 Å². The summed E-state index contributed by atoms with van der Waals surface area (Å²) in [5.74, 6) is 0.506. The zero-order valence-corrected chi connectivity index (χ0v) is 17.6. The zero-order valence-electron chi connectivity index (χ0n) is 16.0. The van der Waals surface area contributed by atoms with Crippen molar-refractivity contribution in [3.63, 3.8) is 0 Å². The SMILES string of the molecule is CS(=O)(=O)N1N=C(c2ccc(NS(=O)(=O)c3ccccc3)cc2)C[C@@H]1c1ccco1. The first-order chi connectivity index (χ1) is 14.2. The van der Waals surface area contributed by atoms with E-state index in [-0.39, 0.29) is 4.90 Å². The number of sulfonamides is 2. The molecule has 0 aliphatic carbocycles. The molecule has 0 spiro atoms. The highest BCUT2D eigenvalue weighted by Crippen LogP contribution is 2.35. The van der Waals surface area contributed by atoms with E-state index in [1.54, 1.807) is 54.6 Å². The molecule has 8 nitrogen and oxygen atoms in total. The monoisotopic (exact) mass is 445 g/mol. The average molecular weight is 446 g/mol. The number of furan rings is 1. The third kappa shape index (κ3) is 4.10. The van der Waals surface area contributed by atoms with E-state index in [1.807, 2.05) is 0 Å². The number of hydrazone groups is 1. The Bertz CT molecular complexity index is 1270. The summed E-state index contributed by atoms with van der Waals surface area (Å²) in [4.78, 5) is 0.166. The van der Waals surface area contributed by atoms with Crippen LogP contribution in [0.3, 0.4) is 0 Å². The lowest BCUT2D eigenvalue weighted by molar-refractivity contribution is 0.322. The molecule has 3 aromatic rings. The average Bonchev–Trinajstić information content (AvgIpc) is 3.38. The van der Waals surface area contributed by atoms with Gasteiger partial charge in [0.25, 0.3) is 10.0 Å². The molecule has 1 aliphatic rings. The van der Waals surface area contributed by atoms with Crippen LogP contribution in [0.25, 0.3) is 0 Å². The summed E-state index contributed by atoms with van der Waals surface area (Å²) in [7, 11) is -7.28. The van der Waals surface area contributed by atoms with Gasteiger partial charge in [0.2, 0.25) is 10.0 Å². The van der Waals surface area contributed by atoms with E-state index >= 15 is 0 Å². The Morgan fingerprint density at radius 2 is 1.67 bits per heavy atom. The van der Waals surface area contributed by atoms with Gasteiger partial charge in [0.05, 0.1) is 23.1 Å². The molecule has 1 atom stereocenters. The van der Waals surface area contributed by atoms with E-state index in [1.165, 1.54) is 18.4 Å². The van der Waals surface area contributed by atoms with Crippen LogP contribution in [0.5, 0.6) is 0 Å². The molecule has 10 heteroatoms. The van der Waals surface area contributed by atoms with Gasteiger partial charge in [-0.25, -0.2) is 16.8 Å². The minimum atomic E-state index is -3.69. The predicted molar refractivity (Wildman–Crippen MR) is 113 cm³/mol. The van der Waals surface area contributed by atoms with Gasteiger partial charge in [-0.2, -0.15) is 9.52 Å². The third-order valence-corrected chi connectivity index (χ3v) is 7.02. The molecule has 4 rings (SSSR count). The third-order valence-electron chi connectivity index (χ3n) is 4.61. The van der Waals surface area contributed by atoms with Gasteiger partial charge in [-0.05, 0) is 42.0 Å². The molecule has 2 heterocycles. The van der Waals surface area contributed by atoms with Crippen LogP contribution < -0.4 is 4.72 Å². The summed E-state index contributed by atoms with van der Waals surface area (Å²) < 4.78 is 58.2. The number of benzene rings is 2. The van der Waals surface area contributed by atoms with E-state index in [9.17, 15) is 16.8 Å². The molecule has 1 N–H and O–H groups in total. The summed E-state index contributed by atoms with van der Waals surface area (Å²) in [5, 5.41) is 4.28. The van der Waals surface area contributed by atoms with Crippen LogP contribution in [0.1, 0.15) is 23.8 Å². The van der Waals surface area contributed by atoms with Crippen molar-refractivity contribution in [2.45, 2.75) is 17.4 Å². The second kappa shape index (κ2) is 7.62. The Morgan fingerprint density at radius 1 is 0.967 bits per heavy atom. The molecule has 156 valence electrons. The Morgan fingerprint density at radius 3 is 2.27 bits per heavy atom. The first-order valence-electron chi connectivity index (χ1n) is 9.03. The minimum absolute atomic E-state index is 0.166. The number of rotatable bonds is 6. The fraction of sp³-hybridized carbons (Fsp3) is 0.150. The highest BCUT2D eigenvalue weighted by molar-refractivity contribution is 7.92. The molecular formula is C20H19N3O5S2. The Labute approximate surface area is 174 Å². The Balaban J connectivity index is 1.57. The van der Waals surface area contributed by atoms with Gasteiger partial charge in [0, 0.05) is 12.1 Å². The van der Waals surface area contributed by atoms with Crippen LogP contribution in [0.15, 0.2) is 87.4 Å². The molecule has 0 radical (unpaired) electrons. The number of nitrogens with zero attached hydrogens (tertiary/aromatic N) is 2. The Kier molecular flexibility index (Phi) is 5.12. The largest absolute Gasteiger partial charge is 0.467 e. The summed E-state index contributed by atoms with van der Waals surface area (Å²) in [6.45, 7) is 0. The smallest absolute Gasteiger partial charge is 0.261 e. The first kappa shape index (κ1) is 20.2. The lowest BCUT2D eigenvalue weighted by Gasteiger charge is -2.18. The van der Waals surface area contributed by atoms with Crippen LogP contribution in [-0.4, -0.2) is 33.2 Å². The van der Waals surface area contributed by atoms with Crippen LogP contribution in [-0.2, 0) is 20.0 Å². The standard InChI is InChI=1S/C20H19N3O5S2/c1-29(24,25)23-19(20-8-5-13-28-20)14-18(21-23)15-9-11-16(12-10-15)22-30(26,27)17-6-3-2-4-7-17/h2-13,19,22H,14H2,1H3/t19-/m1/s1. The van der Waals surface area contributed by atoms with Crippen LogP contribution in [0.2, 0.25) is 0 Å². The predicted octanol–water partition coefficient (Wildman–Crippen LogP) is 3.19. The van der Waals surface area contributed by atoms with E-state index in [4.69, 9.17) is 4.42 Å². The highest BCUT2D eigenvalue weighted by atomic mass is 32.2. The second-order valence-electron chi connectivity index (χ2n) is 6.81. The van der Waals surface area contributed by atoms with E-state index in [2.05, 4.69) is 9.82 Å². The van der Waals surface area contributed by atoms with Gasteiger partial charge in [0.1, 0.15) is 11.8 Å². The van der Waals surface area contributed by atoms with Crippen LogP contribution >= 0.6 is 0 Å². The van der Waals surface area contributed by atoms with Gasteiger partial charge in [-0.3, -0.25) is 4.72 Å². The molecule has 0 saturated carbocycles. The van der Waals surface area contributed by atoms with E-state index in [0.29, 0.717) is 29.1 Å². The van der Waals surface area contributed by atoms with Crippen molar-refractivity contribution in [2.75, 3.05) is 11.0 Å².